The summed E-state index contributed by atoms with van der Waals surface area (Å²) in [6, 6.07) is 0. The van der Waals surface area contributed by atoms with Gasteiger partial charge in [-0.1, -0.05) is 68.4 Å². The van der Waals surface area contributed by atoms with Gasteiger partial charge in [-0.25, -0.2) is 0 Å². The van der Waals surface area contributed by atoms with Crippen LogP contribution in [0.1, 0.15) is 74.0 Å². The van der Waals surface area contributed by atoms with Gasteiger partial charge in [-0.15, -0.1) is 0 Å². The summed E-state index contributed by atoms with van der Waals surface area (Å²) < 4.78 is 0. The van der Waals surface area contributed by atoms with Gasteiger partial charge in [-0.3, -0.25) is 4.79 Å². The molecule has 0 fully saturated rings. The minimum absolute atomic E-state index is 0. The topological polar surface area (TPSA) is 37.3 Å². The summed E-state index contributed by atoms with van der Waals surface area (Å²) in [5, 5.41) is 8.49. The van der Waals surface area contributed by atoms with Gasteiger partial charge in [0, 0.05) is 6.42 Å². The zero-order valence-corrected chi connectivity index (χ0v) is 19.2. The molecule has 0 aromatic carbocycles. The van der Waals surface area contributed by atoms with E-state index in [1.165, 1.54) is 25.7 Å². The molecule has 0 saturated heterocycles. The second-order valence-corrected chi connectivity index (χ2v) is 5.37. The molecule has 23 heavy (non-hydrogen) atoms. The molecule has 0 bridgehead atoms. The average molecular weight is 444 g/mol. The molecule has 128 valence electrons. The molecule has 2 nitrogen and oxygen atoms in total. The summed E-state index contributed by atoms with van der Waals surface area (Å²) in [6.45, 7) is 2.23. The van der Waals surface area contributed by atoms with Crippen LogP contribution in [-0.4, -0.2) is 60.0 Å². The Labute approximate surface area is 185 Å². The molecule has 0 aliphatic heterocycles. The molecule has 3 heteroatoms. The quantitative estimate of drug-likeness (QED) is 0.201. The molecule has 0 saturated carbocycles. The molecule has 0 aromatic rings. The van der Waals surface area contributed by atoms with Crippen molar-refractivity contribution in [2.45, 2.75) is 71.1 Å². The Bertz CT molecular complexity index is 378. The Kier molecular flexibility index (Phi) is 24.1. The predicted molar refractivity (Wildman–Crippen MR) is 104 cm³/mol. The Hall–Kier alpha value is 0.00143. The van der Waals surface area contributed by atoms with E-state index in [-0.39, 0.29) is 58.2 Å². The van der Waals surface area contributed by atoms with Gasteiger partial charge >= 0.3 is 54.9 Å². The fourth-order valence-electron chi connectivity index (χ4n) is 1.93. The fraction of sp³-hybridized carbons (Fsp3) is 0.550. The van der Waals surface area contributed by atoms with Crippen LogP contribution in [0.25, 0.3) is 0 Å². The number of carboxylic acids is 1. The summed E-state index contributed by atoms with van der Waals surface area (Å²) in [5.74, 6) is -0.712. The average Bonchev–Trinajstić information content (AvgIpc) is 2.50. The Balaban J connectivity index is -0.000000735. The van der Waals surface area contributed by atoms with Crippen molar-refractivity contribution in [3.05, 3.63) is 48.6 Å². The van der Waals surface area contributed by atoms with Gasteiger partial charge in [-0.05, 0) is 44.9 Å². The second-order valence-electron chi connectivity index (χ2n) is 5.37. The largest absolute Gasteiger partial charge is 2.00 e. The summed E-state index contributed by atoms with van der Waals surface area (Å²) in [7, 11) is 0. The van der Waals surface area contributed by atoms with Crippen molar-refractivity contribution in [1.82, 2.24) is 0 Å². The Morgan fingerprint density at radius 3 is 1.65 bits per heavy atom. The standard InChI is InChI=1S/C20H32O2.Ba.2H/c1-2-3-4-5-6-7-8-9-10-11-12-13-14-15-16-17-18-19-20(21)22;;;/h6-7,9-10,12-13,15-16H,2-5,8,11,14,17-19H2,1H3,(H,21,22);;;/q;+2;2*-1. The van der Waals surface area contributed by atoms with Gasteiger partial charge in [0.05, 0.1) is 0 Å². The number of allylic oxidation sites excluding steroid dienone is 8. The molecule has 0 aromatic heterocycles. The first-order chi connectivity index (χ1) is 10.8. The van der Waals surface area contributed by atoms with Crippen LogP contribution in [0.2, 0.25) is 0 Å². The normalized spacial score (nSPS) is 11.9. The maximum atomic E-state index is 10.3. The third kappa shape index (κ3) is 24.4. The zero-order chi connectivity index (χ0) is 16.3. The van der Waals surface area contributed by atoms with E-state index >= 15 is 0 Å². The smallest absolute Gasteiger partial charge is 1.00 e. The van der Waals surface area contributed by atoms with E-state index < -0.39 is 5.97 Å². The summed E-state index contributed by atoms with van der Waals surface area (Å²) >= 11 is 0. The molecule has 0 rings (SSSR count). The minimum Gasteiger partial charge on any atom is -1.00 e. The van der Waals surface area contributed by atoms with Crippen molar-refractivity contribution in [3.63, 3.8) is 0 Å². The van der Waals surface area contributed by atoms with Crippen LogP contribution in [0.4, 0.5) is 0 Å². The van der Waals surface area contributed by atoms with Gasteiger partial charge in [0.2, 0.25) is 0 Å². The monoisotopic (exact) mass is 444 g/mol. The van der Waals surface area contributed by atoms with Gasteiger partial charge in [0.1, 0.15) is 0 Å². The molecule has 0 atom stereocenters. The molecule has 0 unspecified atom stereocenters. The van der Waals surface area contributed by atoms with E-state index in [2.05, 4.69) is 55.5 Å². The van der Waals surface area contributed by atoms with Crippen molar-refractivity contribution in [1.29, 1.82) is 0 Å². The van der Waals surface area contributed by atoms with E-state index in [0.29, 0.717) is 0 Å². The van der Waals surface area contributed by atoms with Crippen LogP contribution in [0.5, 0.6) is 0 Å². The summed E-state index contributed by atoms with van der Waals surface area (Å²) in [4.78, 5) is 10.3. The third-order valence-electron chi connectivity index (χ3n) is 3.22. The predicted octanol–water partition coefficient (Wildman–Crippen LogP) is 6.06. The molecular weight excluding hydrogens is 410 g/mol. The van der Waals surface area contributed by atoms with E-state index in [4.69, 9.17) is 5.11 Å². The van der Waals surface area contributed by atoms with Crippen LogP contribution in [0.15, 0.2) is 48.6 Å². The van der Waals surface area contributed by atoms with Crippen molar-refractivity contribution in [2.24, 2.45) is 0 Å². The van der Waals surface area contributed by atoms with Crippen molar-refractivity contribution >= 4 is 54.9 Å². The van der Waals surface area contributed by atoms with Gasteiger partial charge in [0.15, 0.2) is 0 Å². The second kappa shape index (κ2) is 22.0. The van der Waals surface area contributed by atoms with Crippen LogP contribution < -0.4 is 0 Å². The third-order valence-corrected chi connectivity index (χ3v) is 3.22. The Morgan fingerprint density at radius 2 is 1.22 bits per heavy atom. The van der Waals surface area contributed by atoms with E-state index in [0.717, 1.165) is 32.1 Å². The number of hydrogen-bond acceptors (Lipinski definition) is 1. The number of aliphatic carboxylic acids is 1. The molecule has 1 N–H and O–H groups in total. The fourth-order valence-corrected chi connectivity index (χ4v) is 1.93. The number of hydrogen-bond donors (Lipinski definition) is 1. The van der Waals surface area contributed by atoms with Gasteiger partial charge in [0.25, 0.3) is 0 Å². The first-order valence-corrected chi connectivity index (χ1v) is 8.59. The first kappa shape index (κ1) is 25.2. The molecule has 0 radical (unpaired) electrons. The van der Waals surface area contributed by atoms with E-state index in [1.54, 1.807) is 0 Å². The maximum Gasteiger partial charge on any atom is 2.00 e. The van der Waals surface area contributed by atoms with Crippen LogP contribution in [0.3, 0.4) is 0 Å². The molecule has 0 spiro atoms. The van der Waals surface area contributed by atoms with Crippen LogP contribution in [0, 0.1) is 0 Å². The number of carbonyl (C=O) groups is 1. The first-order valence-electron chi connectivity index (χ1n) is 8.59. The molecular formula is C20H34BaO2. The zero-order valence-electron chi connectivity index (χ0n) is 16.8. The van der Waals surface area contributed by atoms with Crippen LogP contribution in [-0.2, 0) is 4.79 Å². The van der Waals surface area contributed by atoms with Gasteiger partial charge < -0.3 is 7.96 Å². The molecule has 0 heterocycles. The van der Waals surface area contributed by atoms with Crippen LogP contribution >= 0.6 is 0 Å². The number of carboxylic acid groups (broad SMARTS) is 1. The SMILES string of the molecule is CCCCCC=CCC=CCC=CCC=CCCCC(=O)O.[Ba+2].[H-].[H-]. The van der Waals surface area contributed by atoms with E-state index in [1.807, 2.05) is 0 Å². The number of rotatable bonds is 14. The maximum absolute atomic E-state index is 10.3. The van der Waals surface area contributed by atoms with Crippen molar-refractivity contribution in [2.75, 3.05) is 0 Å². The number of unbranched alkanes of at least 4 members (excludes halogenated alkanes) is 4. The summed E-state index contributed by atoms with van der Waals surface area (Å²) in [6.07, 6.45) is 27.3. The molecule has 0 aliphatic rings. The molecule has 0 amide bonds. The Morgan fingerprint density at radius 1 is 0.783 bits per heavy atom. The van der Waals surface area contributed by atoms with E-state index in [9.17, 15) is 4.79 Å². The van der Waals surface area contributed by atoms with Crippen molar-refractivity contribution in [3.8, 4) is 0 Å². The molecule has 0 aliphatic carbocycles. The van der Waals surface area contributed by atoms with Crippen molar-refractivity contribution < 1.29 is 12.8 Å². The van der Waals surface area contributed by atoms with Gasteiger partial charge in [-0.2, -0.15) is 0 Å². The minimum atomic E-state index is -0.712. The summed E-state index contributed by atoms with van der Waals surface area (Å²) in [5.41, 5.74) is 0.